The van der Waals surface area contributed by atoms with Gasteiger partial charge in [-0.3, -0.25) is 0 Å². The van der Waals surface area contributed by atoms with E-state index in [0.717, 1.165) is 18.4 Å². The zero-order valence-electron chi connectivity index (χ0n) is 11.8. The van der Waals surface area contributed by atoms with Gasteiger partial charge in [-0.25, -0.2) is 0 Å². The van der Waals surface area contributed by atoms with Crippen LogP contribution in [0.15, 0.2) is 0 Å². The minimum absolute atomic E-state index is 0.567. The predicted octanol–water partition coefficient (Wildman–Crippen LogP) is 2.87. The van der Waals surface area contributed by atoms with Gasteiger partial charge >= 0.3 is 0 Å². The second-order valence-corrected chi connectivity index (χ2v) is 7.01. The van der Waals surface area contributed by atoms with E-state index in [1.165, 1.54) is 58.2 Å². The summed E-state index contributed by atoms with van der Waals surface area (Å²) in [6.45, 7) is 9.70. The highest BCUT2D eigenvalue weighted by Crippen LogP contribution is 2.34. The summed E-state index contributed by atoms with van der Waals surface area (Å²) in [5.41, 5.74) is 6.45. The van der Waals surface area contributed by atoms with Crippen LogP contribution in [0.25, 0.3) is 0 Å². The van der Waals surface area contributed by atoms with Crippen molar-refractivity contribution in [2.24, 2.45) is 23.0 Å². The number of nitrogens with zero attached hydrogens (tertiary/aromatic N) is 1. The van der Waals surface area contributed by atoms with Crippen molar-refractivity contribution in [2.45, 2.75) is 52.4 Å². The normalized spacial score (nSPS) is 34.8. The van der Waals surface area contributed by atoms with Crippen LogP contribution in [0.1, 0.15) is 52.4 Å². The molecular formula is C15H30N2. The van der Waals surface area contributed by atoms with Crippen molar-refractivity contribution in [3.05, 3.63) is 0 Å². The largest absolute Gasteiger partial charge is 0.330 e. The number of likely N-dealkylation sites (tertiary alicyclic amines) is 1. The van der Waals surface area contributed by atoms with Gasteiger partial charge in [0.2, 0.25) is 0 Å². The molecule has 0 amide bonds. The number of nitrogens with two attached hydrogens (primary N) is 1. The molecule has 2 N–H and O–H groups in total. The third-order valence-electron chi connectivity index (χ3n) is 5.04. The molecule has 0 radical (unpaired) electrons. The minimum atomic E-state index is 0.567. The van der Waals surface area contributed by atoms with Crippen LogP contribution in [-0.4, -0.2) is 31.1 Å². The Morgan fingerprint density at radius 3 is 2.59 bits per heavy atom. The molecule has 2 atom stereocenters. The highest BCUT2D eigenvalue weighted by molar-refractivity contribution is 4.83. The summed E-state index contributed by atoms with van der Waals surface area (Å²) in [4.78, 5) is 2.72. The Morgan fingerprint density at radius 1 is 1.06 bits per heavy atom. The first-order chi connectivity index (χ1) is 8.11. The summed E-state index contributed by atoms with van der Waals surface area (Å²) in [5, 5.41) is 0. The molecule has 0 aromatic carbocycles. The Bertz CT molecular complexity index is 237. The summed E-state index contributed by atoms with van der Waals surface area (Å²) >= 11 is 0. The molecule has 2 unspecified atom stereocenters. The molecule has 0 aromatic rings. The lowest BCUT2D eigenvalue weighted by Gasteiger charge is -2.27. The third-order valence-corrected chi connectivity index (χ3v) is 5.04. The second kappa shape index (κ2) is 5.71. The smallest absolute Gasteiger partial charge is 0.00128 e. The van der Waals surface area contributed by atoms with Crippen molar-refractivity contribution in [2.75, 3.05) is 26.2 Å². The van der Waals surface area contributed by atoms with Crippen molar-refractivity contribution >= 4 is 0 Å². The van der Waals surface area contributed by atoms with Gasteiger partial charge in [0.25, 0.3) is 0 Å². The lowest BCUT2D eigenvalue weighted by molar-refractivity contribution is 0.205. The fourth-order valence-electron chi connectivity index (χ4n) is 3.66. The van der Waals surface area contributed by atoms with E-state index in [-0.39, 0.29) is 0 Å². The summed E-state index contributed by atoms with van der Waals surface area (Å²) in [5.74, 6) is 1.70. The third kappa shape index (κ3) is 3.69. The molecule has 2 rings (SSSR count). The predicted molar refractivity (Wildman–Crippen MR) is 74.0 cm³/mol. The van der Waals surface area contributed by atoms with Gasteiger partial charge in [0.15, 0.2) is 0 Å². The molecule has 0 spiro atoms. The second-order valence-electron chi connectivity index (χ2n) is 7.01. The zero-order chi connectivity index (χ0) is 12.3. The first kappa shape index (κ1) is 13.4. The van der Waals surface area contributed by atoms with Gasteiger partial charge in [-0.1, -0.05) is 20.3 Å². The molecule has 2 fully saturated rings. The Hall–Kier alpha value is -0.0800. The van der Waals surface area contributed by atoms with E-state index in [1.54, 1.807) is 0 Å². The van der Waals surface area contributed by atoms with Crippen LogP contribution in [0.3, 0.4) is 0 Å². The van der Waals surface area contributed by atoms with Crippen LogP contribution in [-0.2, 0) is 0 Å². The van der Waals surface area contributed by atoms with Gasteiger partial charge in [0.1, 0.15) is 0 Å². The van der Waals surface area contributed by atoms with E-state index in [4.69, 9.17) is 5.73 Å². The van der Waals surface area contributed by atoms with Gasteiger partial charge in [0, 0.05) is 6.54 Å². The van der Waals surface area contributed by atoms with Crippen LogP contribution in [0.2, 0.25) is 0 Å². The first-order valence-corrected chi connectivity index (χ1v) is 7.53. The maximum absolute atomic E-state index is 5.88. The van der Waals surface area contributed by atoms with E-state index < -0.39 is 0 Å². The molecule has 2 nitrogen and oxygen atoms in total. The molecule has 17 heavy (non-hydrogen) atoms. The summed E-state index contributed by atoms with van der Waals surface area (Å²) in [7, 11) is 0. The van der Waals surface area contributed by atoms with Crippen LogP contribution < -0.4 is 5.73 Å². The molecule has 0 aromatic heterocycles. The van der Waals surface area contributed by atoms with Crippen molar-refractivity contribution in [3.63, 3.8) is 0 Å². The van der Waals surface area contributed by atoms with Crippen LogP contribution >= 0.6 is 0 Å². The minimum Gasteiger partial charge on any atom is -0.330 e. The quantitative estimate of drug-likeness (QED) is 0.819. The van der Waals surface area contributed by atoms with Crippen molar-refractivity contribution in [3.8, 4) is 0 Å². The highest BCUT2D eigenvalue weighted by atomic mass is 15.1. The molecule has 1 heterocycles. The Kier molecular flexibility index (Phi) is 4.48. The van der Waals surface area contributed by atoms with Gasteiger partial charge in [-0.2, -0.15) is 0 Å². The van der Waals surface area contributed by atoms with Crippen LogP contribution in [0.5, 0.6) is 0 Å². The molecular weight excluding hydrogens is 208 g/mol. The van der Waals surface area contributed by atoms with Gasteiger partial charge in [-0.15, -0.1) is 0 Å². The van der Waals surface area contributed by atoms with Crippen LogP contribution in [0.4, 0.5) is 0 Å². The number of rotatable bonds is 3. The topological polar surface area (TPSA) is 29.3 Å². The van der Waals surface area contributed by atoms with Gasteiger partial charge in [-0.05, 0) is 69.0 Å². The SMILES string of the molecule is CC1(C)CCCN(CC2CCCC2CN)CC1. The maximum atomic E-state index is 5.88. The molecule has 2 aliphatic rings. The van der Waals surface area contributed by atoms with Crippen molar-refractivity contribution < 1.29 is 0 Å². The Balaban J connectivity index is 1.82. The van der Waals surface area contributed by atoms with E-state index in [0.29, 0.717) is 5.41 Å². The maximum Gasteiger partial charge on any atom is 0.00128 e. The molecule has 0 bridgehead atoms. The highest BCUT2D eigenvalue weighted by Gasteiger charge is 2.29. The Morgan fingerprint density at radius 2 is 1.82 bits per heavy atom. The zero-order valence-corrected chi connectivity index (χ0v) is 11.8. The van der Waals surface area contributed by atoms with Crippen molar-refractivity contribution in [1.29, 1.82) is 0 Å². The fraction of sp³-hybridized carbons (Fsp3) is 1.00. The summed E-state index contributed by atoms with van der Waals surface area (Å²) < 4.78 is 0. The molecule has 2 heteroatoms. The fourth-order valence-corrected chi connectivity index (χ4v) is 3.66. The number of hydrogen-bond donors (Lipinski definition) is 1. The van der Waals surface area contributed by atoms with E-state index in [1.807, 2.05) is 0 Å². The van der Waals surface area contributed by atoms with Crippen LogP contribution in [0, 0.1) is 17.3 Å². The standard InChI is InChI=1S/C15H30N2/c1-15(2)7-4-9-17(10-8-15)12-14-6-3-5-13(14)11-16/h13-14H,3-12,16H2,1-2H3. The summed E-state index contributed by atoms with van der Waals surface area (Å²) in [6.07, 6.45) is 8.35. The molecule has 1 aliphatic heterocycles. The monoisotopic (exact) mass is 238 g/mol. The molecule has 100 valence electrons. The molecule has 1 aliphatic carbocycles. The van der Waals surface area contributed by atoms with E-state index in [2.05, 4.69) is 18.7 Å². The van der Waals surface area contributed by atoms with E-state index >= 15 is 0 Å². The molecule has 1 saturated carbocycles. The lowest BCUT2D eigenvalue weighted by Crippen LogP contribution is -2.34. The Labute approximate surface area is 107 Å². The summed E-state index contributed by atoms with van der Waals surface area (Å²) in [6, 6.07) is 0. The average molecular weight is 238 g/mol. The molecule has 1 saturated heterocycles. The number of hydrogen-bond acceptors (Lipinski definition) is 2. The first-order valence-electron chi connectivity index (χ1n) is 7.53. The van der Waals surface area contributed by atoms with Gasteiger partial charge < -0.3 is 10.6 Å². The lowest BCUT2D eigenvalue weighted by atomic mass is 9.85. The average Bonchev–Trinajstić information content (AvgIpc) is 2.65. The van der Waals surface area contributed by atoms with E-state index in [9.17, 15) is 0 Å². The van der Waals surface area contributed by atoms with Crippen molar-refractivity contribution in [1.82, 2.24) is 4.90 Å². The van der Waals surface area contributed by atoms with Gasteiger partial charge in [0.05, 0.1) is 0 Å².